The Hall–Kier alpha value is -1.46. The van der Waals surface area contributed by atoms with Crippen molar-refractivity contribution >= 4 is 23.1 Å². The number of carbonyl (C=O) groups excluding carboxylic acids is 1. The fourth-order valence-electron chi connectivity index (χ4n) is 2.13. The highest BCUT2D eigenvalue weighted by Crippen LogP contribution is 2.22. The van der Waals surface area contributed by atoms with Gasteiger partial charge in [0.1, 0.15) is 0 Å². The smallest absolute Gasteiger partial charge is 0.254 e. The molecule has 1 aromatic rings. The maximum atomic E-state index is 12.5. The van der Waals surface area contributed by atoms with E-state index in [0.29, 0.717) is 30.3 Å². The highest BCUT2D eigenvalue weighted by atomic mass is 32.1. The Morgan fingerprint density at radius 1 is 1.42 bits per heavy atom. The molecule has 2 N–H and O–H groups in total. The van der Waals surface area contributed by atoms with E-state index in [1.165, 1.54) is 0 Å². The third-order valence-electron chi connectivity index (χ3n) is 3.18. The molecule has 0 radical (unpaired) electrons. The van der Waals surface area contributed by atoms with Crippen molar-refractivity contribution in [3.05, 3.63) is 34.9 Å². The van der Waals surface area contributed by atoms with Gasteiger partial charge in [0, 0.05) is 11.6 Å². The van der Waals surface area contributed by atoms with Gasteiger partial charge in [-0.1, -0.05) is 18.3 Å². The predicted octanol–water partition coefficient (Wildman–Crippen LogP) is 1.85. The normalized spacial score (nSPS) is 13.4. The van der Waals surface area contributed by atoms with Crippen LogP contribution in [0.5, 0.6) is 0 Å². The highest BCUT2D eigenvalue weighted by Gasteiger charge is 2.21. The van der Waals surface area contributed by atoms with Crippen LogP contribution in [0.4, 0.5) is 0 Å². The number of hydrogen-bond acceptors (Lipinski definition) is 3. The van der Waals surface area contributed by atoms with E-state index >= 15 is 0 Å². The van der Waals surface area contributed by atoms with E-state index in [2.05, 4.69) is 0 Å². The number of carbonyl (C=O) groups is 1. The Morgan fingerprint density at radius 2 is 2.11 bits per heavy atom. The highest BCUT2D eigenvalue weighted by molar-refractivity contribution is 7.80. The van der Waals surface area contributed by atoms with E-state index in [9.17, 15) is 4.79 Å². The molecule has 0 saturated carbocycles. The van der Waals surface area contributed by atoms with Gasteiger partial charge < -0.3 is 15.4 Å². The van der Waals surface area contributed by atoms with Crippen molar-refractivity contribution in [2.24, 2.45) is 5.73 Å². The molecule has 19 heavy (non-hydrogen) atoms. The molecule has 1 heterocycles. The van der Waals surface area contributed by atoms with Gasteiger partial charge in [0.25, 0.3) is 5.91 Å². The molecule has 5 heteroatoms. The Bertz CT molecular complexity index is 514. The summed E-state index contributed by atoms with van der Waals surface area (Å²) in [5, 5.41) is 0. The number of nitrogens with zero attached hydrogens (tertiary/aromatic N) is 1. The molecule has 2 rings (SSSR count). The summed E-state index contributed by atoms with van der Waals surface area (Å²) >= 11 is 4.90. The number of nitrogens with two attached hydrogens (primary N) is 1. The predicted molar refractivity (Wildman–Crippen MR) is 77.9 cm³/mol. The third kappa shape index (κ3) is 3.11. The summed E-state index contributed by atoms with van der Waals surface area (Å²) in [6.45, 7) is 5.41. The summed E-state index contributed by atoms with van der Waals surface area (Å²) in [5.41, 5.74) is 8.46. The zero-order valence-corrected chi connectivity index (χ0v) is 12.0. The number of amides is 1. The molecule has 102 valence electrons. The average molecular weight is 278 g/mol. The molecule has 1 aliphatic rings. The Kier molecular flexibility index (Phi) is 4.17. The Labute approximate surface area is 118 Å². The minimum atomic E-state index is -0.0440. The molecule has 1 aromatic carbocycles. The van der Waals surface area contributed by atoms with Crippen LogP contribution in [0.15, 0.2) is 18.2 Å². The zero-order valence-electron chi connectivity index (χ0n) is 11.2. The van der Waals surface area contributed by atoms with Crippen LogP contribution in [0.3, 0.4) is 0 Å². The first kappa shape index (κ1) is 14.0. The van der Waals surface area contributed by atoms with Crippen LogP contribution < -0.4 is 5.73 Å². The number of rotatable bonds is 4. The second-order valence-corrected chi connectivity index (χ2v) is 5.49. The van der Waals surface area contributed by atoms with E-state index in [0.717, 1.165) is 11.1 Å². The SMILES string of the molecule is CC(C)N(CC(N)=S)C(=O)c1ccc2c(c1)COC2. The van der Waals surface area contributed by atoms with E-state index < -0.39 is 0 Å². The van der Waals surface area contributed by atoms with Crippen molar-refractivity contribution in [2.75, 3.05) is 6.54 Å². The lowest BCUT2D eigenvalue weighted by Gasteiger charge is -2.26. The number of thiocarbonyl (C=S) groups is 1. The topological polar surface area (TPSA) is 55.6 Å². The molecule has 4 nitrogen and oxygen atoms in total. The van der Waals surface area contributed by atoms with E-state index in [1.54, 1.807) is 4.90 Å². The molecule has 0 aromatic heterocycles. The fourth-order valence-corrected chi connectivity index (χ4v) is 2.27. The lowest BCUT2D eigenvalue weighted by Crippen LogP contribution is -2.42. The van der Waals surface area contributed by atoms with Gasteiger partial charge in [0.2, 0.25) is 0 Å². The van der Waals surface area contributed by atoms with Crippen LogP contribution in [-0.2, 0) is 18.0 Å². The van der Waals surface area contributed by atoms with Gasteiger partial charge >= 0.3 is 0 Å². The van der Waals surface area contributed by atoms with Crippen molar-refractivity contribution in [2.45, 2.75) is 33.1 Å². The molecule has 0 spiro atoms. The first-order valence-corrected chi connectivity index (χ1v) is 6.68. The van der Waals surface area contributed by atoms with Crippen LogP contribution in [0.1, 0.15) is 35.3 Å². The fraction of sp³-hybridized carbons (Fsp3) is 0.429. The molecule has 0 fully saturated rings. The molecule has 0 bridgehead atoms. The number of ether oxygens (including phenoxy) is 1. The molecular formula is C14H18N2O2S. The molecule has 0 aliphatic carbocycles. The first-order chi connectivity index (χ1) is 8.99. The molecule has 0 saturated heterocycles. The summed E-state index contributed by atoms with van der Waals surface area (Å²) in [7, 11) is 0. The van der Waals surface area contributed by atoms with Crippen molar-refractivity contribution < 1.29 is 9.53 Å². The largest absolute Gasteiger partial charge is 0.392 e. The number of fused-ring (bicyclic) bond motifs is 1. The molecule has 0 unspecified atom stereocenters. The van der Waals surface area contributed by atoms with Crippen molar-refractivity contribution in [3.63, 3.8) is 0 Å². The van der Waals surface area contributed by atoms with Gasteiger partial charge in [-0.25, -0.2) is 0 Å². The average Bonchev–Trinajstić information content (AvgIpc) is 2.81. The third-order valence-corrected chi connectivity index (χ3v) is 3.31. The standard InChI is InChI=1S/C14H18N2O2S/c1-9(2)16(6-13(15)19)14(17)10-3-4-11-7-18-8-12(11)5-10/h3-5,9H,6-8H2,1-2H3,(H2,15,19). The van der Waals surface area contributed by atoms with Crippen LogP contribution in [-0.4, -0.2) is 28.4 Å². The Morgan fingerprint density at radius 3 is 2.74 bits per heavy atom. The summed E-state index contributed by atoms with van der Waals surface area (Å²) < 4.78 is 5.36. The van der Waals surface area contributed by atoms with Crippen molar-refractivity contribution in [3.8, 4) is 0 Å². The van der Waals surface area contributed by atoms with Crippen molar-refractivity contribution in [1.82, 2.24) is 4.90 Å². The van der Waals surface area contributed by atoms with Crippen LogP contribution in [0.2, 0.25) is 0 Å². The lowest BCUT2D eigenvalue weighted by atomic mass is 10.1. The number of hydrogen-bond donors (Lipinski definition) is 1. The quantitative estimate of drug-likeness (QED) is 0.854. The van der Waals surface area contributed by atoms with Gasteiger partial charge in [0.15, 0.2) is 0 Å². The van der Waals surface area contributed by atoms with Gasteiger partial charge in [-0.15, -0.1) is 0 Å². The maximum Gasteiger partial charge on any atom is 0.254 e. The van der Waals surface area contributed by atoms with E-state index in [4.69, 9.17) is 22.7 Å². The molecular weight excluding hydrogens is 260 g/mol. The van der Waals surface area contributed by atoms with Gasteiger partial charge in [0.05, 0.1) is 24.7 Å². The summed E-state index contributed by atoms with van der Waals surface area (Å²) in [4.78, 5) is 14.5. The second-order valence-electron chi connectivity index (χ2n) is 4.97. The Balaban J connectivity index is 2.24. The van der Waals surface area contributed by atoms with Gasteiger partial charge in [-0.05, 0) is 37.1 Å². The van der Waals surface area contributed by atoms with Crippen molar-refractivity contribution in [1.29, 1.82) is 0 Å². The van der Waals surface area contributed by atoms with Crippen LogP contribution in [0.25, 0.3) is 0 Å². The first-order valence-electron chi connectivity index (χ1n) is 6.28. The van der Waals surface area contributed by atoms with Crippen LogP contribution in [0, 0.1) is 0 Å². The second kappa shape index (κ2) is 5.67. The lowest BCUT2D eigenvalue weighted by molar-refractivity contribution is 0.0736. The minimum absolute atomic E-state index is 0.0440. The molecule has 1 amide bonds. The zero-order chi connectivity index (χ0) is 14.0. The van der Waals surface area contributed by atoms with E-state index in [-0.39, 0.29) is 11.9 Å². The van der Waals surface area contributed by atoms with Crippen LogP contribution >= 0.6 is 12.2 Å². The molecule has 1 aliphatic heterocycles. The minimum Gasteiger partial charge on any atom is -0.392 e. The van der Waals surface area contributed by atoms with Gasteiger partial charge in [-0.3, -0.25) is 4.79 Å². The summed E-state index contributed by atoms with van der Waals surface area (Å²) in [6, 6.07) is 5.75. The summed E-state index contributed by atoms with van der Waals surface area (Å²) in [6.07, 6.45) is 0. The van der Waals surface area contributed by atoms with E-state index in [1.807, 2.05) is 32.0 Å². The number of benzene rings is 1. The monoisotopic (exact) mass is 278 g/mol. The summed E-state index contributed by atoms with van der Waals surface area (Å²) in [5.74, 6) is -0.0440. The van der Waals surface area contributed by atoms with Gasteiger partial charge in [-0.2, -0.15) is 0 Å². The molecule has 0 atom stereocenters. The maximum absolute atomic E-state index is 12.5.